The first-order valence-corrected chi connectivity index (χ1v) is 8.03. The van der Waals surface area contributed by atoms with Crippen molar-refractivity contribution in [2.24, 2.45) is 0 Å². The molecule has 0 aliphatic heterocycles. The largest absolute Gasteiger partial charge is 0.354 e. The summed E-state index contributed by atoms with van der Waals surface area (Å²) >= 11 is 6.35. The molecule has 1 fully saturated rings. The summed E-state index contributed by atoms with van der Waals surface area (Å²) in [6.07, 6.45) is 5.18. The van der Waals surface area contributed by atoms with Gasteiger partial charge in [-0.05, 0) is 26.7 Å². The van der Waals surface area contributed by atoms with Gasteiger partial charge in [-0.25, -0.2) is 9.97 Å². The predicted octanol–water partition coefficient (Wildman–Crippen LogP) is 4.50. The van der Waals surface area contributed by atoms with Gasteiger partial charge in [0, 0.05) is 23.6 Å². The van der Waals surface area contributed by atoms with Crippen molar-refractivity contribution in [3.05, 3.63) is 16.5 Å². The van der Waals surface area contributed by atoms with E-state index in [9.17, 15) is 0 Å². The highest BCUT2D eigenvalue weighted by atomic mass is 35.5. The van der Waals surface area contributed by atoms with Crippen LogP contribution in [0.4, 0.5) is 5.82 Å². The van der Waals surface area contributed by atoms with Gasteiger partial charge in [0.05, 0.1) is 0 Å². The Morgan fingerprint density at radius 1 is 1.20 bits per heavy atom. The van der Waals surface area contributed by atoms with Gasteiger partial charge in [-0.1, -0.05) is 45.2 Å². The lowest BCUT2D eigenvalue weighted by Crippen LogP contribution is -2.35. The fraction of sp³-hybridized carbons (Fsp3) is 0.750. The molecular formula is C16H26ClN3. The zero-order chi connectivity index (χ0) is 14.9. The molecule has 2 rings (SSSR count). The summed E-state index contributed by atoms with van der Waals surface area (Å²) in [5, 5.41) is 0.594. The molecule has 1 saturated carbocycles. The van der Waals surface area contributed by atoms with E-state index in [0.29, 0.717) is 11.2 Å². The maximum atomic E-state index is 6.35. The minimum absolute atomic E-state index is 0.0822. The molecule has 0 amide bonds. The molecule has 0 saturated heterocycles. The van der Waals surface area contributed by atoms with E-state index in [1.165, 1.54) is 25.7 Å². The van der Waals surface area contributed by atoms with Gasteiger partial charge in [0.25, 0.3) is 0 Å². The van der Waals surface area contributed by atoms with Crippen molar-refractivity contribution in [3.63, 3.8) is 0 Å². The fourth-order valence-electron chi connectivity index (χ4n) is 2.89. The van der Waals surface area contributed by atoms with Gasteiger partial charge in [-0.15, -0.1) is 0 Å². The molecule has 1 aromatic heterocycles. The van der Waals surface area contributed by atoms with Crippen molar-refractivity contribution < 1.29 is 0 Å². The van der Waals surface area contributed by atoms with E-state index in [4.69, 9.17) is 16.6 Å². The molecule has 4 heteroatoms. The summed E-state index contributed by atoms with van der Waals surface area (Å²) in [4.78, 5) is 11.7. The zero-order valence-electron chi connectivity index (χ0n) is 13.3. The van der Waals surface area contributed by atoms with Crippen LogP contribution in [-0.2, 0) is 5.41 Å². The number of aromatic nitrogens is 2. The summed E-state index contributed by atoms with van der Waals surface area (Å²) < 4.78 is 0. The Morgan fingerprint density at radius 3 is 2.30 bits per heavy atom. The van der Waals surface area contributed by atoms with Crippen LogP contribution >= 0.6 is 11.6 Å². The Morgan fingerprint density at radius 2 is 1.80 bits per heavy atom. The molecule has 0 radical (unpaired) electrons. The van der Waals surface area contributed by atoms with Crippen molar-refractivity contribution in [2.75, 3.05) is 11.4 Å². The van der Waals surface area contributed by atoms with E-state index in [-0.39, 0.29) is 5.41 Å². The fourth-order valence-corrected chi connectivity index (χ4v) is 3.05. The molecule has 20 heavy (non-hydrogen) atoms. The van der Waals surface area contributed by atoms with Gasteiger partial charge < -0.3 is 4.90 Å². The van der Waals surface area contributed by atoms with Crippen molar-refractivity contribution >= 4 is 17.4 Å². The van der Waals surface area contributed by atoms with Crippen LogP contribution in [0.3, 0.4) is 0 Å². The van der Waals surface area contributed by atoms with E-state index >= 15 is 0 Å². The third-order valence-electron chi connectivity index (χ3n) is 4.11. The van der Waals surface area contributed by atoms with Gasteiger partial charge >= 0.3 is 0 Å². The van der Waals surface area contributed by atoms with Crippen LogP contribution in [0.5, 0.6) is 0 Å². The second-order valence-electron chi connectivity index (χ2n) is 6.76. The molecule has 1 aliphatic carbocycles. The average molecular weight is 296 g/mol. The van der Waals surface area contributed by atoms with Gasteiger partial charge in [-0.3, -0.25) is 0 Å². The quantitative estimate of drug-likeness (QED) is 0.769. The molecule has 1 aromatic rings. The Labute approximate surface area is 127 Å². The summed E-state index contributed by atoms with van der Waals surface area (Å²) in [6, 6.07) is 0.609. The third kappa shape index (κ3) is 3.08. The first kappa shape index (κ1) is 15.6. The van der Waals surface area contributed by atoms with Crippen molar-refractivity contribution in [2.45, 2.75) is 71.8 Å². The van der Waals surface area contributed by atoms with E-state index in [0.717, 1.165) is 23.8 Å². The minimum atomic E-state index is -0.0822. The normalized spacial score (nSPS) is 16.7. The Hall–Kier alpha value is -0.830. The first-order valence-electron chi connectivity index (χ1n) is 7.66. The lowest BCUT2D eigenvalue weighted by atomic mass is 9.95. The molecule has 1 heterocycles. The van der Waals surface area contributed by atoms with Crippen LogP contribution in [0, 0.1) is 6.92 Å². The molecule has 0 atom stereocenters. The molecular weight excluding hydrogens is 270 g/mol. The summed E-state index contributed by atoms with van der Waals surface area (Å²) in [5.41, 5.74) is 0.926. The van der Waals surface area contributed by atoms with E-state index < -0.39 is 0 Å². The number of hydrogen-bond donors (Lipinski definition) is 0. The number of hydrogen-bond acceptors (Lipinski definition) is 3. The van der Waals surface area contributed by atoms with Crippen molar-refractivity contribution in [3.8, 4) is 0 Å². The Balaban J connectivity index is 2.45. The van der Waals surface area contributed by atoms with Crippen LogP contribution in [0.2, 0.25) is 5.15 Å². The SMILES string of the molecule is CCN(c1nc(C(C)(C)C)nc(Cl)c1C)C1CCCC1. The smallest absolute Gasteiger partial charge is 0.137 e. The zero-order valence-corrected chi connectivity index (χ0v) is 14.1. The predicted molar refractivity (Wildman–Crippen MR) is 85.8 cm³/mol. The molecule has 0 bridgehead atoms. The second kappa shape index (κ2) is 5.88. The molecule has 0 spiro atoms. The topological polar surface area (TPSA) is 29.0 Å². The van der Waals surface area contributed by atoms with Crippen LogP contribution in [0.15, 0.2) is 0 Å². The standard InChI is InChI=1S/C16H26ClN3/c1-6-20(12-9-7-8-10-12)14-11(2)13(17)18-15(19-14)16(3,4)5/h12H,6-10H2,1-5H3. The maximum absolute atomic E-state index is 6.35. The lowest BCUT2D eigenvalue weighted by Gasteiger charge is -2.31. The van der Waals surface area contributed by atoms with E-state index in [1.54, 1.807) is 0 Å². The highest BCUT2D eigenvalue weighted by Crippen LogP contribution is 2.32. The number of rotatable bonds is 3. The number of anilines is 1. The summed E-state index contributed by atoms with van der Waals surface area (Å²) in [7, 11) is 0. The lowest BCUT2D eigenvalue weighted by molar-refractivity contribution is 0.538. The Kier molecular flexibility index (Phi) is 4.58. The molecule has 112 valence electrons. The third-order valence-corrected chi connectivity index (χ3v) is 4.48. The molecule has 0 N–H and O–H groups in total. The van der Waals surface area contributed by atoms with Gasteiger partial charge in [0.15, 0.2) is 0 Å². The van der Waals surface area contributed by atoms with E-state index in [2.05, 4.69) is 37.6 Å². The van der Waals surface area contributed by atoms with Crippen LogP contribution in [0.25, 0.3) is 0 Å². The number of nitrogens with zero attached hydrogens (tertiary/aromatic N) is 3. The summed E-state index contributed by atoms with van der Waals surface area (Å²) in [5.74, 6) is 1.86. The Bertz CT molecular complexity index is 473. The van der Waals surface area contributed by atoms with Crippen molar-refractivity contribution in [1.82, 2.24) is 9.97 Å². The molecule has 1 aliphatic rings. The van der Waals surface area contributed by atoms with Crippen LogP contribution in [0.1, 0.15) is 64.8 Å². The maximum Gasteiger partial charge on any atom is 0.137 e. The van der Waals surface area contributed by atoms with Crippen LogP contribution < -0.4 is 4.90 Å². The molecule has 0 aromatic carbocycles. The highest BCUT2D eigenvalue weighted by molar-refractivity contribution is 6.30. The highest BCUT2D eigenvalue weighted by Gasteiger charge is 2.27. The monoisotopic (exact) mass is 295 g/mol. The second-order valence-corrected chi connectivity index (χ2v) is 7.12. The van der Waals surface area contributed by atoms with Gasteiger partial charge in [-0.2, -0.15) is 0 Å². The average Bonchev–Trinajstić information content (AvgIpc) is 2.87. The van der Waals surface area contributed by atoms with Gasteiger partial charge in [0.2, 0.25) is 0 Å². The van der Waals surface area contributed by atoms with E-state index in [1.807, 2.05) is 6.92 Å². The number of halogens is 1. The summed E-state index contributed by atoms with van der Waals surface area (Å²) in [6.45, 7) is 11.6. The minimum Gasteiger partial charge on any atom is -0.354 e. The first-order chi connectivity index (χ1) is 9.34. The molecule has 3 nitrogen and oxygen atoms in total. The van der Waals surface area contributed by atoms with Crippen molar-refractivity contribution in [1.29, 1.82) is 0 Å². The van der Waals surface area contributed by atoms with Crippen LogP contribution in [-0.4, -0.2) is 22.6 Å². The van der Waals surface area contributed by atoms with Gasteiger partial charge in [0.1, 0.15) is 16.8 Å². The molecule has 0 unspecified atom stereocenters.